The Hall–Kier alpha value is -2.90. The molecule has 0 N–H and O–H groups in total. The average molecular weight is 631 g/mol. The van der Waals surface area contributed by atoms with Crippen LogP contribution in [0.3, 0.4) is 0 Å². The molecule has 3 aromatic carbocycles. The van der Waals surface area contributed by atoms with Crippen molar-refractivity contribution < 1.29 is 23.9 Å². The number of ketones is 1. The lowest BCUT2D eigenvalue weighted by Gasteiger charge is -2.54. The van der Waals surface area contributed by atoms with Crippen molar-refractivity contribution in [3.8, 4) is 0 Å². The van der Waals surface area contributed by atoms with Gasteiger partial charge < -0.3 is 4.74 Å². The monoisotopic (exact) mass is 629 g/mol. The van der Waals surface area contributed by atoms with Crippen LogP contribution < -0.4 is 0 Å². The number of rotatable bonds is 6. The van der Waals surface area contributed by atoms with Crippen LogP contribution in [0.15, 0.2) is 66.7 Å². The highest BCUT2D eigenvalue weighted by atomic mass is 35.5. The Morgan fingerprint density at radius 1 is 0.829 bits per heavy atom. The van der Waals surface area contributed by atoms with Gasteiger partial charge in [-0.1, -0.05) is 85.6 Å². The lowest BCUT2D eigenvalue weighted by Crippen LogP contribution is -2.57. The van der Waals surface area contributed by atoms with E-state index in [0.717, 1.165) is 4.90 Å². The van der Waals surface area contributed by atoms with E-state index in [4.69, 9.17) is 51.1 Å². The molecule has 4 aliphatic rings. The molecule has 3 aromatic rings. The van der Waals surface area contributed by atoms with E-state index in [0.29, 0.717) is 27.3 Å². The molecule has 3 atom stereocenters. The minimum Gasteiger partial charge on any atom is -0.456 e. The van der Waals surface area contributed by atoms with Crippen molar-refractivity contribution in [2.45, 2.75) is 29.6 Å². The maximum absolute atomic E-state index is 14.3. The second-order valence-electron chi connectivity index (χ2n) is 10.9. The number of likely N-dealkylation sites (tertiary alicyclic amines) is 1. The standard InChI is InChI=1S/C31H23Cl4NO5/c1-15(2)26(29(40)41-14-23(37)17-12-11-16(32)13-22(17)33)36-27(38)24-25(28(36)39)31(35)19-8-4-3-7-18(19)30(24,34)20-9-5-6-10-21(20)31/h3-13,15,24-26H,14H2,1-2H3/t24-,25-,26-,30?,31?/m0/s1. The molecule has 2 bridgehead atoms. The van der Waals surface area contributed by atoms with Gasteiger partial charge in [0, 0.05) is 10.6 Å². The Labute approximate surface area is 256 Å². The van der Waals surface area contributed by atoms with Crippen LogP contribution in [0.2, 0.25) is 10.0 Å². The number of ether oxygens (including phenoxy) is 1. The molecule has 0 aromatic heterocycles. The number of halogens is 4. The summed E-state index contributed by atoms with van der Waals surface area (Å²) in [6.07, 6.45) is 0. The van der Waals surface area contributed by atoms with Crippen molar-refractivity contribution in [1.29, 1.82) is 0 Å². The Kier molecular flexibility index (Phi) is 6.77. The van der Waals surface area contributed by atoms with Crippen molar-refractivity contribution in [2.24, 2.45) is 17.8 Å². The molecule has 6 nitrogen and oxygen atoms in total. The molecule has 3 aliphatic carbocycles. The number of Topliss-reactive ketones (excluding diaryl/α,β-unsaturated/α-hetero) is 1. The maximum Gasteiger partial charge on any atom is 0.330 e. The van der Waals surface area contributed by atoms with Crippen LogP contribution in [-0.2, 0) is 28.9 Å². The molecule has 210 valence electrons. The van der Waals surface area contributed by atoms with Gasteiger partial charge in [-0.15, -0.1) is 23.2 Å². The molecule has 0 spiro atoms. The van der Waals surface area contributed by atoms with Crippen molar-refractivity contribution in [3.05, 3.63) is 105 Å². The number of amides is 2. The Balaban J connectivity index is 1.37. The number of hydrogen-bond donors (Lipinski definition) is 0. The molecule has 0 radical (unpaired) electrons. The van der Waals surface area contributed by atoms with Gasteiger partial charge in [0.15, 0.2) is 6.61 Å². The summed E-state index contributed by atoms with van der Waals surface area (Å²) in [4.78, 5) is 53.0. The minimum absolute atomic E-state index is 0.113. The van der Waals surface area contributed by atoms with Gasteiger partial charge in [0.1, 0.15) is 15.8 Å². The number of carbonyl (C=O) groups is 4. The second kappa shape index (κ2) is 9.84. The number of carbonyl (C=O) groups excluding carboxylic acids is 4. The summed E-state index contributed by atoms with van der Waals surface area (Å²) in [5.41, 5.74) is 2.77. The van der Waals surface area contributed by atoms with Gasteiger partial charge in [0.2, 0.25) is 17.6 Å². The zero-order valence-electron chi connectivity index (χ0n) is 21.9. The van der Waals surface area contributed by atoms with Crippen molar-refractivity contribution in [3.63, 3.8) is 0 Å². The predicted molar refractivity (Wildman–Crippen MR) is 155 cm³/mol. The highest BCUT2D eigenvalue weighted by Gasteiger charge is 2.74. The lowest BCUT2D eigenvalue weighted by molar-refractivity contribution is -0.160. The summed E-state index contributed by atoms with van der Waals surface area (Å²) >= 11 is 27.0. The van der Waals surface area contributed by atoms with E-state index < -0.39 is 63.7 Å². The summed E-state index contributed by atoms with van der Waals surface area (Å²) in [7, 11) is 0. The average Bonchev–Trinajstić information content (AvgIpc) is 3.21. The number of alkyl halides is 2. The fourth-order valence-corrected chi connectivity index (χ4v) is 8.27. The molecule has 0 saturated carbocycles. The van der Waals surface area contributed by atoms with Crippen molar-refractivity contribution >= 4 is 70.0 Å². The normalized spacial score (nSPS) is 26.5. The third kappa shape index (κ3) is 3.84. The van der Waals surface area contributed by atoms with Gasteiger partial charge >= 0.3 is 5.97 Å². The molecule has 1 fully saturated rings. The number of esters is 1. The summed E-state index contributed by atoms with van der Waals surface area (Å²) in [5, 5.41) is 0.464. The van der Waals surface area contributed by atoms with Gasteiger partial charge in [-0.3, -0.25) is 19.3 Å². The van der Waals surface area contributed by atoms with E-state index in [1.807, 2.05) is 48.5 Å². The van der Waals surface area contributed by atoms with E-state index in [1.165, 1.54) is 18.2 Å². The summed E-state index contributed by atoms with van der Waals surface area (Å²) in [5.74, 6) is -5.31. The molecule has 2 amide bonds. The zero-order valence-corrected chi connectivity index (χ0v) is 24.9. The molecule has 0 unspecified atom stereocenters. The first-order valence-electron chi connectivity index (χ1n) is 13.0. The van der Waals surface area contributed by atoms with Crippen LogP contribution in [0.4, 0.5) is 0 Å². The van der Waals surface area contributed by atoms with Crippen LogP contribution in [-0.4, -0.2) is 41.1 Å². The smallest absolute Gasteiger partial charge is 0.330 e. The molecule has 1 aliphatic heterocycles. The van der Waals surface area contributed by atoms with E-state index in [-0.39, 0.29) is 10.6 Å². The van der Waals surface area contributed by atoms with Gasteiger partial charge in [-0.25, -0.2) is 4.79 Å². The van der Waals surface area contributed by atoms with E-state index in [2.05, 4.69) is 0 Å². The molecule has 10 heteroatoms. The summed E-state index contributed by atoms with van der Waals surface area (Å²) < 4.78 is 5.38. The third-order valence-electron chi connectivity index (χ3n) is 8.35. The topological polar surface area (TPSA) is 80.8 Å². The predicted octanol–water partition coefficient (Wildman–Crippen LogP) is 6.34. The second-order valence-corrected chi connectivity index (χ2v) is 12.9. The lowest BCUT2D eigenvalue weighted by atomic mass is 9.54. The van der Waals surface area contributed by atoms with E-state index >= 15 is 0 Å². The summed E-state index contributed by atoms with van der Waals surface area (Å²) in [6, 6.07) is 17.6. The first-order valence-corrected chi connectivity index (χ1v) is 14.5. The first-order chi connectivity index (χ1) is 19.4. The molecule has 41 heavy (non-hydrogen) atoms. The Morgan fingerprint density at radius 2 is 1.29 bits per heavy atom. The van der Waals surface area contributed by atoms with Crippen LogP contribution in [0.5, 0.6) is 0 Å². The van der Waals surface area contributed by atoms with E-state index in [9.17, 15) is 19.2 Å². The molecule has 1 saturated heterocycles. The zero-order chi connectivity index (χ0) is 29.4. The molecular weight excluding hydrogens is 608 g/mol. The van der Waals surface area contributed by atoms with Crippen LogP contribution in [0.25, 0.3) is 0 Å². The highest BCUT2D eigenvalue weighted by Crippen LogP contribution is 2.69. The third-order valence-corrected chi connectivity index (χ3v) is 10.2. The maximum atomic E-state index is 14.3. The quantitative estimate of drug-likeness (QED) is 0.137. The van der Waals surface area contributed by atoms with E-state index in [1.54, 1.807) is 13.8 Å². The first kappa shape index (κ1) is 28.2. The van der Waals surface area contributed by atoms with Crippen molar-refractivity contribution in [2.75, 3.05) is 6.61 Å². The number of nitrogens with zero attached hydrogens (tertiary/aromatic N) is 1. The summed E-state index contributed by atoms with van der Waals surface area (Å²) in [6.45, 7) is 2.75. The Morgan fingerprint density at radius 3 is 1.71 bits per heavy atom. The number of imide groups is 1. The highest BCUT2D eigenvalue weighted by molar-refractivity contribution is 6.37. The minimum atomic E-state index is -1.37. The van der Waals surface area contributed by atoms with Gasteiger partial charge in [-0.05, 0) is 46.4 Å². The number of benzene rings is 3. The van der Waals surface area contributed by atoms with Crippen molar-refractivity contribution in [1.82, 2.24) is 4.90 Å². The largest absolute Gasteiger partial charge is 0.456 e. The van der Waals surface area contributed by atoms with Gasteiger partial charge in [0.25, 0.3) is 0 Å². The fraction of sp³-hybridized carbons (Fsp3) is 0.290. The van der Waals surface area contributed by atoms with Gasteiger partial charge in [0.05, 0.1) is 16.9 Å². The molecule has 7 rings (SSSR count). The number of hydrogen-bond acceptors (Lipinski definition) is 5. The molecular formula is C31H23Cl4NO5. The fourth-order valence-electron chi connectivity index (χ4n) is 6.65. The van der Waals surface area contributed by atoms with Gasteiger partial charge in [-0.2, -0.15) is 0 Å². The van der Waals surface area contributed by atoms with Crippen LogP contribution in [0, 0.1) is 17.8 Å². The Bertz CT molecular complexity index is 1530. The SMILES string of the molecule is CC(C)[C@@H](C(=O)OCC(=O)c1ccc(Cl)cc1Cl)N1C(=O)[C@@H]2[C@@H](C1=O)C1(Cl)c3ccccc3C2(Cl)c2ccccc21. The van der Waals surface area contributed by atoms with Crippen LogP contribution in [0.1, 0.15) is 46.5 Å². The molecule has 1 heterocycles. The van der Waals surface area contributed by atoms with Crippen LogP contribution >= 0.6 is 46.4 Å².